The molecule has 0 atom stereocenters. The molecule has 2 heterocycles. The topological polar surface area (TPSA) is 89.8 Å². The second kappa shape index (κ2) is 5.78. The number of nitrogens with zero attached hydrogens (tertiary/aromatic N) is 5. The standard InChI is InChI=1S/C16H10N6/c17-8-12(9-18)10-20-14-4-1-3-13(7-14)15-11-22-6-2-5-19-16(22)21-15/h1-7,10-11,20H. The van der Waals surface area contributed by atoms with Gasteiger partial charge in [-0.1, -0.05) is 12.1 Å². The smallest absolute Gasteiger partial charge is 0.234 e. The summed E-state index contributed by atoms with van der Waals surface area (Å²) in [4.78, 5) is 8.64. The van der Waals surface area contributed by atoms with Crippen LogP contribution >= 0.6 is 0 Å². The molecule has 0 aliphatic rings. The quantitative estimate of drug-likeness (QED) is 0.748. The van der Waals surface area contributed by atoms with E-state index in [2.05, 4.69) is 15.3 Å². The maximum Gasteiger partial charge on any atom is 0.234 e. The lowest BCUT2D eigenvalue weighted by atomic mass is 10.1. The fraction of sp³-hybridized carbons (Fsp3) is 0. The van der Waals surface area contributed by atoms with E-state index in [4.69, 9.17) is 10.5 Å². The van der Waals surface area contributed by atoms with Gasteiger partial charge in [0.1, 0.15) is 17.7 Å². The van der Waals surface area contributed by atoms with Gasteiger partial charge in [-0.3, -0.25) is 4.40 Å². The van der Waals surface area contributed by atoms with Crippen LogP contribution in [-0.2, 0) is 0 Å². The summed E-state index contributed by atoms with van der Waals surface area (Å²) in [7, 11) is 0. The molecule has 0 saturated carbocycles. The number of hydrogen-bond donors (Lipinski definition) is 1. The third-order valence-electron chi connectivity index (χ3n) is 3.02. The Balaban J connectivity index is 1.93. The number of imidazole rings is 1. The Morgan fingerprint density at radius 1 is 1.23 bits per heavy atom. The molecule has 0 bridgehead atoms. The van der Waals surface area contributed by atoms with Crippen molar-refractivity contribution in [2.24, 2.45) is 0 Å². The monoisotopic (exact) mass is 286 g/mol. The largest absolute Gasteiger partial charge is 0.360 e. The lowest BCUT2D eigenvalue weighted by Gasteiger charge is -2.02. The van der Waals surface area contributed by atoms with Crippen molar-refractivity contribution in [1.29, 1.82) is 10.5 Å². The van der Waals surface area contributed by atoms with Crippen molar-refractivity contribution in [3.05, 3.63) is 60.7 Å². The second-order valence-corrected chi connectivity index (χ2v) is 4.46. The number of benzene rings is 1. The number of hydrogen-bond acceptors (Lipinski definition) is 5. The molecule has 1 N–H and O–H groups in total. The van der Waals surface area contributed by atoms with Crippen molar-refractivity contribution < 1.29 is 0 Å². The summed E-state index contributed by atoms with van der Waals surface area (Å²) in [5.41, 5.74) is 2.50. The van der Waals surface area contributed by atoms with Crippen LogP contribution in [0, 0.1) is 22.7 Å². The molecule has 0 saturated heterocycles. The lowest BCUT2D eigenvalue weighted by Crippen LogP contribution is -1.90. The molecule has 6 nitrogen and oxygen atoms in total. The van der Waals surface area contributed by atoms with Crippen LogP contribution in [0.5, 0.6) is 0 Å². The van der Waals surface area contributed by atoms with Gasteiger partial charge in [-0.15, -0.1) is 0 Å². The van der Waals surface area contributed by atoms with Gasteiger partial charge in [0.15, 0.2) is 0 Å². The molecule has 1 aromatic carbocycles. The van der Waals surface area contributed by atoms with Crippen molar-refractivity contribution in [2.45, 2.75) is 0 Å². The van der Waals surface area contributed by atoms with Crippen LogP contribution < -0.4 is 5.32 Å². The van der Waals surface area contributed by atoms with Crippen molar-refractivity contribution in [3.63, 3.8) is 0 Å². The summed E-state index contributed by atoms with van der Waals surface area (Å²) in [5.74, 6) is 0.631. The number of nitriles is 2. The van der Waals surface area contributed by atoms with Crippen LogP contribution in [0.1, 0.15) is 0 Å². The van der Waals surface area contributed by atoms with E-state index in [-0.39, 0.29) is 5.57 Å². The number of allylic oxidation sites excluding steroid dienone is 1. The maximum atomic E-state index is 8.72. The molecular formula is C16H10N6. The van der Waals surface area contributed by atoms with E-state index >= 15 is 0 Å². The third-order valence-corrected chi connectivity index (χ3v) is 3.02. The van der Waals surface area contributed by atoms with Crippen molar-refractivity contribution in [3.8, 4) is 23.4 Å². The molecule has 6 heteroatoms. The molecule has 0 unspecified atom stereocenters. The van der Waals surface area contributed by atoms with Gasteiger partial charge in [0.2, 0.25) is 5.78 Å². The summed E-state index contributed by atoms with van der Waals surface area (Å²) < 4.78 is 1.85. The van der Waals surface area contributed by atoms with Gasteiger partial charge < -0.3 is 5.32 Å². The molecule has 104 valence electrons. The molecule has 22 heavy (non-hydrogen) atoms. The van der Waals surface area contributed by atoms with Gasteiger partial charge in [-0.2, -0.15) is 10.5 Å². The van der Waals surface area contributed by atoms with E-state index in [0.717, 1.165) is 16.9 Å². The minimum atomic E-state index is 0.0160. The highest BCUT2D eigenvalue weighted by atomic mass is 15.1. The zero-order chi connectivity index (χ0) is 15.4. The first kappa shape index (κ1) is 13.3. The minimum Gasteiger partial charge on any atom is -0.360 e. The SMILES string of the molecule is N#CC(C#N)=CNc1cccc(-c2cn3cccnc3n2)c1. The number of anilines is 1. The van der Waals surface area contributed by atoms with Crippen molar-refractivity contribution in [2.75, 3.05) is 5.32 Å². The number of aromatic nitrogens is 3. The van der Waals surface area contributed by atoms with Crippen LogP contribution in [0.15, 0.2) is 60.7 Å². The summed E-state index contributed by atoms with van der Waals surface area (Å²) in [5, 5.41) is 20.4. The van der Waals surface area contributed by atoms with E-state index in [1.165, 1.54) is 6.20 Å². The summed E-state index contributed by atoms with van der Waals surface area (Å²) in [6, 6.07) is 13.0. The highest BCUT2D eigenvalue weighted by Gasteiger charge is 2.05. The third kappa shape index (κ3) is 2.62. The first-order chi connectivity index (χ1) is 10.8. The Hall–Kier alpha value is -3.64. The molecule has 3 aromatic rings. The Labute approximate surface area is 126 Å². The Morgan fingerprint density at radius 2 is 2.09 bits per heavy atom. The molecule has 0 spiro atoms. The lowest BCUT2D eigenvalue weighted by molar-refractivity contribution is 1.11. The Kier molecular flexibility index (Phi) is 3.51. The molecule has 0 fully saturated rings. The van der Waals surface area contributed by atoms with Crippen LogP contribution in [0.2, 0.25) is 0 Å². The van der Waals surface area contributed by atoms with Gasteiger partial charge in [0.25, 0.3) is 0 Å². The molecule has 0 radical (unpaired) electrons. The fourth-order valence-corrected chi connectivity index (χ4v) is 1.98. The van der Waals surface area contributed by atoms with E-state index in [0.29, 0.717) is 5.78 Å². The normalized spacial score (nSPS) is 9.73. The first-order valence-electron chi connectivity index (χ1n) is 6.47. The molecule has 0 aliphatic carbocycles. The van der Waals surface area contributed by atoms with Crippen molar-refractivity contribution >= 4 is 11.5 Å². The van der Waals surface area contributed by atoms with Gasteiger partial charge in [0, 0.05) is 36.0 Å². The number of rotatable bonds is 3. The minimum absolute atomic E-state index is 0.0160. The summed E-state index contributed by atoms with van der Waals surface area (Å²) in [6.45, 7) is 0. The number of nitrogens with one attached hydrogen (secondary N) is 1. The Bertz CT molecular complexity index is 890. The van der Waals surface area contributed by atoms with Crippen LogP contribution in [0.25, 0.3) is 17.0 Å². The van der Waals surface area contributed by atoms with E-state index in [1.807, 2.05) is 47.1 Å². The molecule has 0 amide bonds. The maximum absolute atomic E-state index is 8.72. The molecule has 2 aromatic heterocycles. The fourth-order valence-electron chi connectivity index (χ4n) is 1.98. The van der Waals surface area contributed by atoms with Gasteiger partial charge in [-0.05, 0) is 18.2 Å². The highest BCUT2D eigenvalue weighted by molar-refractivity contribution is 5.67. The van der Waals surface area contributed by atoms with Crippen molar-refractivity contribution in [1.82, 2.24) is 14.4 Å². The van der Waals surface area contributed by atoms with Gasteiger partial charge in [0.05, 0.1) is 5.69 Å². The van der Waals surface area contributed by atoms with Crippen LogP contribution in [-0.4, -0.2) is 14.4 Å². The first-order valence-corrected chi connectivity index (χ1v) is 6.47. The average molecular weight is 286 g/mol. The predicted molar refractivity (Wildman–Crippen MR) is 81.4 cm³/mol. The van der Waals surface area contributed by atoms with E-state index in [1.54, 1.807) is 18.3 Å². The molecule has 3 rings (SSSR count). The van der Waals surface area contributed by atoms with E-state index in [9.17, 15) is 0 Å². The zero-order valence-electron chi connectivity index (χ0n) is 11.4. The van der Waals surface area contributed by atoms with Gasteiger partial charge >= 0.3 is 0 Å². The second-order valence-electron chi connectivity index (χ2n) is 4.46. The summed E-state index contributed by atoms with van der Waals surface area (Å²) in [6.07, 6.45) is 6.85. The molecular weight excluding hydrogens is 276 g/mol. The van der Waals surface area contributed by atoms with Crippen LogP contribution in [0.4, 0.5) is 5.69 Å². The summed E-state index contributed by atoms with van der Waals surface area (Å²) >= 11 is 0. The Morgan fingerprint density at radius 3 is 2.86 bits per heavy atom. The van der Waals surface area contributed by atoms with E-state index < -0.39 is 0 Å². The predicted octanol–water partition coefficient (Wildman–Crippen LogP) is 2.74. The highest BCUT2D eigenvalue weighted by Crippen LogP contribution is 2.22. The van der Waals surface area contributed by atoms with Gasteiger partial charge in [-0.25, -0.2) is 9.97 Å². The average Bonchev–Trinajstić information content (AvgIpc) is 3.00. The van der Waals surface area contributed by atoms with Crippen LogP contribution in [0.3, 0.4) is 0 Å². The zero-order valence-corrected chi connectivity index (χ0v) is 11.4. The molecule has 0 aliphatic heterocycles. The number of fused-ring (bicyclic) bond motifs is 1.